The summed E-state index contributed by atoms with van der Waals surface area (Å²) in [4.78, 5) is 23.8. The van der Waals surface area contributed by atoms with Crippen LogP contribution < -0.4 is 17.0 Å². The molecule has 1 aromatic rings. The average Bonchev–Trinajstić information content (AvgIpc) is 2.01. The highest BCUT2D eigenvalue weighted by atomic mass is 16.2. The molecule has 1 rings (SSSR count). The van der Waals surface area contributed by atoms with Gasteiger partial charge in [-0.25, -0.2) is 4.79 Å². The molecule has 0 atom stereocenters. The lowest BCUT2D eigenvalue weighted by Gasteiger charge is -2.00. The maximum Gasteiger partial charge on any atom is 0.328 e. The number of allylic oxidation sites excluding steroid dienone is 1. The monoisotopic (exact) mass is 167 g/mol. The van der Waals surface area contributed by atoms with Crippen LogP contribution in [0, 0.1) is 0 Å². The SMILES string of the molecule is C=CCn1cc(N)c(=O)[nH]c1=O. The second kappa shape index (κ2) is 3.08. The molecule has 0 aromatic carbocycles. The minimum Gasteiger partial charge on any atom is -0.393 e. The van der Waals surface area contributed by atoms with Crippen molar-refractivity contribution < 1.29 is 0 Å². The lowest BCUT2D eigenvalue weighted by atomic mass is 10.5. The maximum atomic E-state index is 11.0. The van der Waals surface area contributed by atoms with Crippen molar-refractivity contribution in [2.75, 3.05) is 5.73 Å². The summed E-state index contributed by atoms with van der Waals surface area (Å²) in [6.45, 7) is 3.79. The Bertz CT molecular complexity index is 402. The van der Waals surface area contributed by atoms with Crippen LogP contribution in [0.25, 0.3) is 0 Å². The van der Waals surface area contributed by atoms with E-state index in [1.165, 1.54) is 10.8 Å². The zero-order chi connectivity index (χ0) is 9.14. The lowest BCUT2D eigenvalue weighted by Crippen LogP contribution is -2.30. The summed E-state index contributed by atoms with van der Waals surface area (Å²) < 4.78 is 1.27. The molecule has 3 N–H and O–H groups in total. The first kappa shape index (κ1) is 8.32. The molecule has 0 amide bonds. The highest BCUT2D eigenvalue weighted by Crippen LogP contribution is 1.86. The van der Waals surface area contributed by atoms with Crippen molar-refractivity contribution in [2.24, 2.45) is 0 Å². The number of hydrogen-bond acceptors (Lipinski definition) is 3. The summed E-state index contributed by atoms with van der Waals surface area (Å²) in [5.74, 6) is 0. The van der Waals surface area contributed by atoms with Gasteiger partial charge in [-0.2, -0.15) is 0 Å². The third-order valence-electron chi connectivity index (χ3n) is 1.36. The van der Waals surface area contributed by atoms with Crippen molar-refractivity contribution in [1.82, 2.24) is 9.55 Å². The molecule has 1 heterocycles. The van der Waals surface area contributed by atoms with Gasteiger partial charge >= 0.3 is 5.69 Å². The Balaban J connectivity index is 3.32. The van der Waals surface area contributed by atoms with E-state index in [0.717, 1.165) is 0 Å². The Morgan fingerprint density at radius 2 is 2.33 bits per heavy atom. The first-order chi connectivity index (χ1) is 5.65. The normalized spacial score (nSPS) is 9.67. The molecule has 0 saturated carbocycles. The number of H-pyrrole nitrogens is 1. The second-order valence-electron chi connectivity index (χ2n) is 2.28. The molecule has 5 heteroatoms. The largest absolute Gasteiger partial charge is 0.393 e. The summed E-state index contributed by atoms with van der Waals surface area (Å²) >= 11 is 0. The van der Waals surface area contributed by atoms with E-state index in [2.05, 4.69) is 11.6 Å². The Morgan fingerprint density at radius 3 is 2.92 bits per heavy atom. The van der Waals surface area contributed by atoms with E-state index in [1.807, 2.05) is 0 Å². The van der Waals surface area contributed by atoms with Crippen LogP contribution in [0.4, 0.5) is 5.69 Å². The van der Waals surface area contributed by atoms with Gasteiger partial charge in [0, 0.05) is 12.7 Å². The van der Waals surface area contributed by atoms with Crippen LogP contribution in [-0.4, -0.2) is 9.55 Å². The van der Waals surface area contributed by atoms with Crippen molar-refractivity contribution in [3.05, 3.63) is 39.7 Å². The molecule has 0 radical (unpaired) electrons. The number of aromatic amines is 1. The van der Waals surface area contributed by atoms with Gasteiger partial charge in [-0.1, -0.05) is 6.08 Å². The smallest absolute Gasteiger partial charge is 0.328 e. The van der Waals surface area contributed by atoms with Crippen LogP contribution >= 0.6 is 0 Å². The molecular formula is C7H9N3O2. The fraction of sp³-hybridized carbons (Fsp3) is 0.143. The van der Waals surface area contributed by atoms with Crippen molar-refractivity contribution in [3.63, 3.8) is 0 Å². The summed E-state index contributed by atoms with van der Waals surface area (Å²) in [5, 5.41) is 0. The van der Waals surface area contributed by atoms with Crippen molar-refractivity contribution in [2.45, 2.75) is 6.54 Å². The molecule has 12 heavy (non-hydrogen) atoms. The number of nitrogens with zero attached hydrogens (tertiary/aromatic N) is 1. The van der Waals surface area contributed by atoms with Crippen molar-refractivity contribution >= 4 is 5.69 Å². The zero-order valence-electron chi connectivity index (χ0n) is 6.41. The van der Waals surface area contributed by atoms with E-state index in [9.17, 15) is 9.59 Å². The van der Waals surface area contributed by atoms with E-state index in [1.54, 1.807) is 6.08 Å². The summed E-state index contributed by atoms with van der Waals surface area (Å²) in [6.07, 6.45) is 2.84. The molecule has 0 unspecified atom stereocenters. The highest BCUT2D eigenvalue weighted by Gasteiger charge is 1.97. The van der Waals surface area contributed by atoms with E-state index in [-0.39, 0.29) is 5.69 Å². The Morgan fingerprint density at radius 1 is 1.67 bits per heavy atom. The number of nitrogens with two attached hydrogens (primary N) is 1. The number of rotatable bonds is 2. The summed E-state index contributed by atoms with van der Waals surface area (Å²) in [6, 6.07) is 0. The average molecular weight is 167 g/mol. The zero-order valence-corrected chi connectivity index (χ0v) is 6.41. The van der Waals surface area contributed by atoms with E-state index in [0.29, 0.717) is 6.54 Å². The molecule has 0 fully saturated rings. The Kier molecular flexibility index (Phi) is 2.14. The first-order valence-corrected chi connectivity index (χ1v) is 3.35. The predicted octanol–water partition coefficient (Wildman–Crippen LogP) is -0.695. The molecule has 0 bridgehead atoms. The molecular weight excluding hydrogens is 158 g/mol. The minimum atomic E-state index is -0.555. The molecule has 0 spiro atoms. The minimum absolute atomic E-state index is 0.0245. The Hall–Kier alpha value is -1.78. The molecule has 0 aliphatic heterocycles. The highest BCUT2D eigenvalue weighted by molar-refractivity contribution is 5.30. The van der Waals surface area contributed by atoms with Gasteiger partial charge in [0.2, 0.25) is 0 Å². The fourth-order valence-corrected chi connectivity index (χ4v) is 0.801. The van der Waals surface area contributed by atoms with E-state index in [4.69, 9.17) is 5.73 Å². The number of nitrogens with one attached hydrogen (secondary N) is 1. The standard InChI is InChI=1S/C7H9N3O2/c1-2-3-10-4-5(8)6(11)9-7(10)12/h2,4H,1,3,8H2,(H,9,11,12). The molecule has 1 aromatic heterocycles. The molecule has 64 valence electrons. The number of hydrogen-bond donors (Lipinski definition) is 2. The van der Waals surface area contributed by atoms with Gasteiger partial charge in [0.25, 0.3) is 5.56 Å². The number of nitrogen functional groups attached to an aromatic ring is 1. The van der Waals surface area contributed by atoms with E-state index < -0.39 is 11.2 Å². The van der Waals surface area contributed by atoms with Crippen LogP contribution in [-0.2, 0) is 6.54 Å². The lowest BCUT2D eigenvalue weighted by molar-refractivity contribution is 0.740. The summed E-state index contributed by atoms with van der Waals surface area (Å²) in [7, 11) is 0. The predicted molar refractivity (Wildman–Crippen MR) is 45.9 cm³/mol. The van der Waals surface area contributed by atoms with Gasteiger partial charge in [-0.3, -0.25) is 14.3 Å². The Labute approximate surface area is 68.1 Å². The van der Waals surface area contributed by atoms with Gasteiger partial charge in [0.1, 0.15) is 5.69 Å². The second-order valence-corrected chi connectivity index (χ2v) is 2.28. The van der Waals surface area contributed by atoms with Crippen LogP contribution in [0.3, 0.4) is 0 Å². The van der Waals surface area contributed by atoms with Crippen LogP contribution in [0.2, 0.25) is 0 Å². The van der Waals surface area contributed by atoms with Crippen molar-refractivity contribution in [3.8, 4) is 0 Å². The first-order valence-electron chi connectivity index (χ1n) is 3.35. The molecule has 5 nitrogen and oxygen atoms in total. The van der Waals surface area contributed by atoms with Gasteiger partial charge in [0.15, 0.2) is 0 Å². The molecule has 0 saturated heterocycles. The molecule has 0 aliphatic rings. The number of anilines is 1. The number of aromatic nitrogens is 2. The van der Waals surface area contributed by atoms with Crippen LogP contribution in [0.15, 0.2) is 28.4 Å². The van der Waals surface area contributed by atoms with Crippen LogP contribution in [0.5, 0.6) is 0 Å². The third kappa shape index (κ3) is 1.45. The summed E-state index contributed by atoms with van der Waals surface area (Å²) in [5.41, 5.74) is 4.27. The fourth-order valence-electron chi connectivity index (χ4n) is 0.801. The van der Waals surface area contributed by atoms with E-state index >= 15 is 0 Å². The topological polar surface area (TPSA) is 80.9 Å². The van der Waals surface area contributed by atoms with Gasteiger partial charge < -0.3 is 5.73 Å². The third-order valence-corrected chi connectivity index (χ3v) is 1.36. The maximum absolute atomic E-state index is 11.0. The van der Waals surface area contributed by atoms with Gasteiger partial charge in [0.05, 0.1) is 0 Å². The van der Waals surface area contributed by atoms with Crippen LogP contribution in [0.1, 0.15) is 0 Å². The van der Waals surface area contributed by atoms with Crippen molar-refractivity contribution in [1.29, 1.82) is 0 Å². The quantitative estimate of drug-likeness (QED) is 0.572. The molecule has 0 aliphatic carbocycles. The van der Waals surface area contributed by atoms with Gasteiger partial charge in [-0.05, 0) is 0 Å². The van der Waals surface area contributed by atoms with Gasteiger partial charge in [-0.15, -0.1) is 6.58 Å².